The van der Waals surface area contributed by atoms with Crippen molar-refractivity contribution in [3.63, 3.8) is 0 Å². The number of carboxylic acid groups (broad SMARTS) is 1. The Bertz CT molecular complexity index is 379. The first-order valence-corrected chi connectivity index (χ1v) is 5.33. The summed E-state index contributed by atoms with van der Waals surface area (Å²) in [5.41, 5.74) is 0.785. The summed E-state index contributed by atoms with van der Waals surface area (Å²) in [6.45, 7) is 0. The third kappa shape index (κ3) is 2.92. The number of carboxylic acids is 1. The number of carbonyl (C=O) groups is 1. The molecule has 1 aromatic rings. The fourth-order valence-corrected chi connectivity index (χ4v) is 1.66. The smallest absolute Gasteiger partial charge is 0.307 e. The number of benzene rings is 1. The number of aliphatic carboxylic acids is 1. The molecule has 1 aromatic carbocycles. The van der Waals surface area contributed by atoms with Crippen LogP contribution in [0, 0.1) is 5.82 Å². The third-order valence-electron chi connectivity index (χ3n) is 1.94. The summed E-state index contributed by atoms with van der Waals surface area (Å²) in [6.07, 6.45) is -0.247. The molecular weight excluding hydrogens is 267 g/mol. The average Bonchev–Trinajstić information content (AvgIpc) is 2.17. The molecule has 1 N–H and O–H groups in total. The Morgan fingerprint density at radius 2 is 2.20 bits per heavy atom. The molecule has 0 atom stereocenters. The van der Waals surface area contributed by atoms with E-state index < -0.39 is 11.8 Å². The second-order valence-electron chi connectivity index (χ2n) is 2.96. The molecular formula is C10H10BrFO3. The Balaban J connectivity index is 3.15. The van der Waals surface area contributed by atoms with E-state index in [0.29, 0.717) is 22.2 Å². The van der Waals surface area contributed by atoms with Gasteiger partial charge in [-0.2, -0.15) is 0 Å². The molecule has 0 amide bonds. The first-order chi connectivity index (χ1) is 7.08. The molecule has 0 aliphatic carbocycles. The van der Waals surface area contributed by atoms with E-state index in [0.717, 1.165) is 0 Å². The molecule has 0 unspecified atom stereocenters. The van der Waals surface area contributed by atoms with E-state index in [-0.39, 0.29) is 6.42 Å². The normalized spacial score (nSPS) is 10.1. The molecule has 0 aliphatic heterocycles. The van der Waals surface area contributed by atoms with Crippen molar-refractivity contribution in [1.29, 1.82) is 0 Å². The predicted molar refractivity (Wildman–Crippen MR) is 56.9 cm³/mol. The molecule has 0 saturated carbocycles. The SMILES string of the molecule is COc1cc(CBr)c(F)cc1CC(=O)O. The lowest BCUT2D eigenvalue weighted by Gasteiger charge is -2.09. The van der Waals surface area contributed by atoms with Crippen LogP contribution >= 0.6 is 15.9 Å². The maximum atomic E-state index is 13.3. The summed E-state index contributed by atoms with van der Waals surface area (Å²) >= 11 is 3.14. The maximum absolute atomic E-state index is 13.3. The van der Waals surface area contributed by atoms with E-state index in [9.17, 15) is 9.18 Å². The van der Waals surface area contributed by atoms with Crippen molar-refractivity contribution in [1.82, 2.24) is 0 Å². The van der Waals surface area contributed by atoms with E-state index in [2.05, 4.69) is 15.9 Å². The minimum Gasteiger partial charge on any atom is -0.496 e. The number of alkyl halides is 1. The summed E-state index contributed by atoms with van der Waals surface area (Å²) in [5.74, 6) is -1.04. The highest BCUT2D eigenvalue weighted by Crippen LogP contribution is 2.24. The zero-order valence-corrected chi connectivity index (χ0v) is 9.67. The van der Waals surface area contributed by atoms with E-state index in [1.165, 1.54) is 19.2 Å². The van der Waals surface area contributed by atoms with Crippen LogP contribution < -0.4 is 4.74 Å². The van der Waals surface area contributed by atoms with Gasteiger partial charge in [0.05, 0.1) is 13.5 Å². The number of ether oxygens (including phenoxy) is 1. The van der Waals surface area contributed by atoms with Crippen LogP contribution in [0.4, 0.5) is 4.39 Å². The Hall–Kier alpha value is -1.10. The standard InChI is InChI=1S/C10H10BrFO3/c1-15-9-3-7(5-11)8(12)2-6(9)4-10(13)14/h2-3H,4-5H2,1H3,(H,13,14). The quantitative estimate of drug-likeness (QED) is 0.859. The molecule has 0 aromatic heterocycles. The molecule has 15 heavy (non-hydrogen) atoms. The molecule has 0 radical (unpaired) electrons. The largest absolute Gasteiger partial charge is 0.496 e. The molecule has 82 valence electrons. The molecule has 0 heterocycles. The lowest BCUT2D eigenvalue weighted by Crippen LogP contribution is -2.04. The van der Waals surface area contributed by atoms with Gasteiger partial charge in [-0.1, -0.05) is 15.9 Å². The Morgan fingerprint density at radius 1 is 1.53 bits per heavy atom. The zero-order chi connectivity index (χ0) is 11.4. The van der Waals surface area contributed by atoms with Crippen molar-refractivity contribution in [2.45, 2.75) is 11.8 Å². The van der Waals surface area contributed by atoms with E-state index in [1.807, 2.05) is 0 Å². The molecule has 0 saturated heterocycles. The second kappa shape index (κ2) is 5.11. The van der Waals surface area contributed by atoms with Crippen LogP contribution in [0.3, 0.4) is 0 Å². The predicted octanol–water partition coefficient (Wildman–Crippen LogP) is 2.36. The molecule has 1 rings (SSSR count). The first kappa shape index (κ1) is 12.0. The van der Waals surface area contributed by atoms with Crippen LogP contribution in [0.2, 0.25) is 0 Å². The summed E-state index contributed by atoms with van der Waals surface area (Å²) in [6, 6.07) is 2.70. The van der Waals surface area contributed by atoms with Gasteiger partial charge in [-0.25, -0.2) is 4.39 Å². The van der Waals surface area contributed by atoms with Crippen LogP contribution in [-0.2, 0) is 16.5 Å². The van der Waals surface area contributed by atoms with Crippen molar-refractivity contribution in [3.05, 3.63) is 29.1 Å². The second-order valence-corrected chi connectivity index (χ2v) is 3.52. The van der Waals surface area contributed by atoms with Gasteiger partial charge in [0, 0.05) is 16.5 Å². The summed E-state index contributed by atoms with van der Waals surface area (Å²) in [4.78, 5) is 10.5. The molecule has 0 aliphatic rings. The van der Waals surface area contributed by atoms with Crippen molar-refractivity contribution >= 4 is 21.9 Å². The number of hydrogen-bond donors (Lipinski definition) is 1. The number of halogens is 2. The van der Waals surface area contributed by atoms with Crippen LogP contribution in [0.5, 0.6) is 5.75 Å². The van der Waals surface area contributed by atoms with Gasteiger partial charge in [0.15, 0.2) is 0 Å². The van der Waals surface area contributed by atoms with Crippen molar-refractivity contribution in [2.24, 2.45) is 0 Å². The van der Waals surface area contributed by atoms with Crippen molar-refractivity contribution in [3.8, 4) is 5.75 Å². The maximum Gasteiger partial charge on any atom is 0.307 e. The van der Waals surface area contributed by atoms with Gasteiger partial charge in [0.1, 0.15) is 11.6 Å². The van der Waals surface area contributed by atoms with Gasteiger partial charge in [-0.3, -0.25) is 4.79 Å². The van der Waals surface area contributed by atoms with E-state index in [4.69, 9.17) is 9.84 Å². The highest BCUT2D eigenvalue weighted by molar-refractivity contribution is 9.08. The lowest BCUT2D eigenvalue weighted by molar-refractivity contribution is -0.136. The fourth-order valence-electron chi connectivity index (χ4n) is 1.23. The van der Waals surface area contributed by atoms with Crippen LogP contribution in [0.25, 0.3) is 0 Å². The molecule has 0 bridgehead atoms. The summed E-state index contributed by atoms with van der Waals surface area (Å²) in [7, 11) is 1.43. The summed E-state index contributed by atoms with van der Waals surface area (Å²) < 4.78 is 18.3. The highest BCUT2D eigenvalue weighted by atomic mass is 79.9. The van der Waals surface area contributed by atoms with Crippen molar-refractivity contribution < 1.29 is 19.0 Å². The monoisotopic (exact) mass is 276 g/mol. The molecule has 5 heteroatoms. The average molecular weight is 277 g/mol. The number of hydrogen-bond acceptors (Lipinski definition) is 2. The minimum atomic E-state index is -1.01. The van der Waals surface area contributed by atoms with Crippen LogP contribution in [-0.4, -0.2) is 18.2 Å². The topological polar surface area (TPSA) is 46.5 Å². The van der Waals surface area contributed by atoms with Crippen LogP contribution in [0.1, 0.15) is 11.1 Å². The third-order valence-corrected chi connectivity index (χ3v) is 2.54. The molecule has 0 fully saturated rings. The van der Waals surface area contributed by atoms with Crippen molar-refractivity contribution in [2.75, 3.05) is 7.11 Å². The minimum absolute atomic E-state index is 0.247. The number of methoxy groups -OCH3 is 1. The number of rotatable bonds is 4. The molecule has 0 spiro atoms. The Labute approximate surface area is 95.0 Å². The van der Waals surface area contributed by atoms with Gasteiger partial charge in [0.2, 0.25) is 0 Å². The fraction of sp³-hybridized carbons (Fsp3) is 0.300. The summed E-state index contributed by atoms with van der Waals surface area (Å²) in [5, 5.41) is 8.98. The van der Waals surface area contributed by atoms with E-state index >= 15 is 0 Å². The van der Waals surface area contributed by atoms with Gasteiger partial charge in [-0.05, 0) is 12.1 Å². The van der Waals surface area contributed by atoms with Gasteiger partial charge < -0.3 is 9.84 Å². The van der Waals surface area contributed by atoms with Gasteiger partial charge >= 0.3 is 5.97 Å². The first-order valence-electron chi connectivity index (χ1n) is 4.21. The van der Waals surface area contributed by atoms with Gasteiger partial charge in [-0.15, -0.1) is 0 Å². The molecule has 3 nitrogen and oxygen atoms in total. The highest BCUT2D eigenvalue weighted by Gasteiger charge is 2.12. The van der Waals surface area contributed by atoms with Gasteiger partial charge in [0.25, 0.3) is 0 Å². The van der Waals surface area contributed by atoms with E-state index in [1.54, 1.807) is 0 Å². The Morgan fingerprint density at radius 3 is 2.67 bits per heavy atom. The zero-order valence-electron chi connectivity index (χ0n) is 8.09. The Kier molecular flexibility index (Phi) is 4.08. The van der Waals surface area contributed by atoms with Crippen LogP contribution in [0.15, 0.2) is 12.1 Å². The lowest BCUT2D eigenvalue weighted by atomic mass is 10.1.